The van der Waals surface area contributed by atoms with E-state index in [4.69, 9.17) is 0 Å². The minimum absolute atomic E-state index is 0.427. The molecule has 0 aromatic heterocycles. The van der Waals surface area contributed by atoms with Gasteiger partial charge in [-0.15, -0.1) is 0 Å². The predicted octanol–water partition coefficient (Wildman–Crippen LogP) is 4.34. The van der Waals surface area contributed by atoms with Crippen molar-refractivity contribution in [3.8, 4) is 0 Å². The van der Waals surface area contributed by atoms with Crippen LogP contribution in [-0.4, -0.2) is 0 Å². The van der Waals surface area contributed by atoms with Crippen LogP contribution in [0.2, 0.25) is 0 Å². The Morgan fingerprint density at radius 1 is 1.38 bits per heavy atom. The molecule has 1 aliphatic rings. The van der Waals surface area contributed by atoms with Crippen LogP contribution in [0.25, 0.3) is 0 Å². The number of hydrogen-bond acceptors (Lipinski definition) is 0. The van der Waals surface area contributed by atoms with Crippen LogP contribution < -0.4 is 0 Å². The van der Waals surface area contributed by atoms with Gasteiger partial charge in [-0.25, -0.2) is 0 Å². The van der Waals surface area contributed by atoms with Crippen molar-refractivity contribution in [2.24, 2.45) is 11.3 Å². The van der Waals surface area contributed by atoms with E-state index in [1.54, 1.807) is 5.57 Å². The summed E-state index contributed by atoms with van der Waals surface area (Å²) in [5.74, 6) is 0.651. The summed E-state index contributed by atoms with van der Waals surface area (Å²) in [7, 11) is 0. The van der Waals surface area contributed by atoms with E-state index in [0.29, 0.717) is 11.3 Å². The first-order chi connectivity index (χ1) is 6.12. The number of hydrogen-bond donors (Lipinski definition) is 0. The number of rotatable bonds is 4. The fourth-order valence-electron chi connectivity index (χ4n) is 2.13. The van der Waals surface area contributed by atoms with Gasteiger partial charge in [-0.05, 0) is 29.7 Å². The molecule has 0 fully saturated rings. The van der Waals surface area contributed by atoms with Gasteiger partial charge in [0.05, 0.1) is 0 Å². The molecule has 0 saturated heterocycles. The molecule has 0 aromatic rings. The third-order valence-corrected chi connectivity index (χ3v) is 3.30. The van der Waals surface area contributed by atoms with E-state index in [0.717, 1.165) is 0 Å². The van der Waals surface area contributed by atoms with Crippen molar-refractivity contribution >= 4 is 0 Å². The molecule has 0 aromatic carbocycles. The molecule has 0 bridgehead atoms. The summed E-state index contributed by atoms with van der Waals surface area (Å²) in [5, 5.41) is 0. The molecule has 74 valence electrons. The lowest BCUT2D eigenvalue weighted by Gasteiger charge is -2.28. The van der Waals surface area contributed by atoms with E-state index in [2.05, 4.69) is 45.9 Å². The van der Waals surface area contributed by atoms with Gasteiger partial charge in [-0.3, -0.25) is 0 Å². The quantitative estimate of drug-likeness (QED) is 0.601. The molecule has 0 heteroatoms. The second kappa shape index (κ2) is 4.13. The molecule has 0 saturated carbocycles. The van der Waals surface area contributed by atoms with Crippen molar-refractivity contribution in [3.63, 3.8) is 0 Å². The fourth-order valence-corrected chi connectivity index (χ4v) is 2.13. The molecule has 0 spiro atoms. The highest BCUT2D eigenvalue weighted by atomic mass is 14.3. The molecule has 1 rings (SSSR count). The molecule has 13 heavy (non-hydrogen) atoms. The first-order valence-electron chi connectivity index (χ1n) is 5.53. The van der Waals surface area contributed by atoms with E-state index in [9.17, 15) is 0 Å². The SMILES string of the molecule is CCCC(C)(CC)C1=CC(C)C=C1. The van der Waals surface area contributed by atoms with Crippen LogP contribution in [0.3, 0.4) is 0 Å². The normalized spacial score (nSPS) is 25.8. The Morgan fingerprint density at radius 3 is 2.46 bits per heavy atom. The van der Waals surface area contributed by atoms with Crippen molar-refractivity contribution in [1.29, 1.82) is 0 Å². The zero-order valence-electron chi connectivity index (χ0n) is 9.43. The third kappa shape index (κ3) is 2.24. The Labute approximate surface area is 82.7 Å². The summed E-state index contributed by atoms with van der Waals surface area (Å²) in [6.07, 6.45) is 10.9. The monoisotopic (exact) mass is 178 g/mol. The molecule has 0 nitrogen and oxygen atoms in total. The maximum absolute atomic E-state index is 2.42. The molecular formula is C13H22. The summed E-state index contributed by atoms with van der Waals surface area (Å²) in [5.41, 5.74) is 1.99. The maximum Gasteiger partial charge on any atom is -0.00726 e. The van der Waals surface area contributed by atoms with Gasteiger partial charge in [0, 0.05) is 0 Å². The average molecular weight is 178 g/mol. The topological polar surface area (TPSA) is 0 Å². The third-order valence-electron chi connectivity index (χ3n) is 3.30. The molecule has 2 atom stereocenters. The fraction of sp³-hybridized carbons (Fsp3) is 0.692. The van der Waals surface area contributed by atoms with Gasteiger partial charge in [0.15, 0.2) is 0 Å². The lowest BCUT2D eigenvalue weighted by atomic mass is 9.76. The van der Waals surface area contributed by atoms with Crippen molar-refractivity contribution < 1.29 is 0 Å². The highest BCUT2D eigenvalue weighted by Crippen LogP contribution is 2.39. The van der Waals surface area contributed by atoms with Gasteiger partial charge in [0.2, 0.25) is 0 Å². The second-order valence-electron chi connectivity index (χ2n) is 4.50. The van der Waals surface area contributed by atoms with Crippen molar-refractivity contribution in [1.82, 2.24) is 0 Å². The standard InChI is InChI=1S/C13H22/c1-5-9-13(4,6-2)12-8-7-11(3)10-12/h7-8,10-11H,5-6,9H2,1-4H3. The Morgan fingerprint density at radius 2 is 2.08 bits per heavy atom. The molecule has 0 aliphatic heterocycles. The molecule has 2 unspecified atom stereocenters. The molecular weight excluding hydrogens is 156 g/mol. The zero-order valence-corrected chi connectivity index (χ0v) is 9.43. The lowest BCUT2D eigenvalue weighted by molar-refractivity contribution is 0.355. The van der Waals surface area contributed by atoms with Crippen LogP contribution in [0, 0.1) is 11.3 Å². The zero-order chi connectivity index (χ0) is 9.90. The predicted molar refractivity (Wildman–Crippen MR) is 59.7 cm³/mol. The van der Waals surface area contributed by atoms with Crippen molar-refractivity contribution in [2.75, 3.05) is 0 Å². The molecule has 0 amide bonds. The summed E-state index contributed by atoms with van der Waals surface area (Å²) in [6, 6.07) is 0. The van der Waals surface area contributed by atoms with Gasteiger partial charge in [0.1, 0.15) is 0 Å². The van der Waals surface area contributed by atoms with Crippen LogP contribution >= 0.6 is 0 Å². The Balaban J connectivity index is 2.77. The van der Waals surface area contributed by atoms with E-state index < -0.39 is 0 Å². The van der Waals surface area contributed by atoms with Crippen LogP contribution in [0.4, 0.5) is 0 Å². The Kier molecular flexibility index (Phi) is 3.35. The van der Waals surface area contributed by atoms with Crippen LogP contribution in [-0.2, 0) is 0 Å². The van der Waals surface area contributed by atoms with Gasteiger partial charge in [-0.2, -0.15) is 0 Å². The van der Waals surface area contributed by atoms with Crippen LogP contribution in [0.1, 0.15) is 47.0 Å². The molecule has 0 N–H and O–H groups in total. The summed E-state index contributed by atoms with van der Waals surface area (Å²) in [6.45, 7) is 9.22. The van der Waals surface area contributed by atoms with Gasteiger partial charge in [-0.1, -0.05) is 52.3 Å². The number of allylic oxidation sites excluding steroid dienone is 4. The second-order valence-corrected chi connectivity index (χ2v) is 4.50. The first kappa shape index (κ1) is 10.6. The largest absolute Gasteiger partial charge is 0.0776 e. The smallest absolute Gasteiger partial charge is 0.00726 e. The highest BCUT2D eigenvalue weighted by molar-refractivity contribution is 5.33. The summed E-state index contributed by atoms with van der Waals surface area (Å²) >= 11 is 0. The molecule has 0 radical (unpaired) electrons. The lowest BCUT2D eigenvalue weighted by Crippen LogP contribution is -2.16. The van der Waals surface area contributed by atoms with E-state index in [1.165, 1.54) is 19.3 Å². The summed E-state index contributed by atoms with van der Waals surface area (Å²) < 4.78 is 0. The highest BCUT2D eigenvalue weighted by Gasteiger charge is 2.26. The minimum Gasteiger partial charge on any atom is -0.0776 e. The van der Waals surface area contributed by atoms with Crippen LogP contribution in [0.5, 0.6) is 0 Å². The van der Waals surface area contributed by atoms with Crippen molar-refractivity contribution in [3.05, 3.63) is 23.8 Å². The van der Waals surface area contributed by atoms with Gasteiger partial charge < -0.3 is 0 Å². The minimum atomic E-state index is 0.427. The summed E-state index contributed by atoms with van der Waals surface area (Å²) in [4.78, 5) is 0. The average Bonchev–Trinajstić information content (AvgIpc) is 2.52. The van der Waals surface area contributed by atoms with Crippen LogP contribution in [0.15, 0.2) is 23.8 Å². The van der Waals surface area contributed by atoms with Crippen molar-refractivity contribution in [2.45, 2.75) is 47.0 Å². The van der Waals surface area contributed by atoms with Gasteiger partial charge in [0.25, 0.3) is 0 Å². The Bertz CT molecular complexity index is 222. The molecule has 0 heterocycles. The van der Waals surface area contributed by atoms with Gasteiger partial charge >= 0.3 is 0 Å². The maximum atomic E-state index is 2.42. The Hall–Kier alpha value is -0.520. The molecule has 1 aliphatic carbocycles. The van der Waals surface area contributed by atoms with E-state index in [1.807, 2.05) is 0 Å². The van der Waals surface area contributed by atoms with E-state index in [-0.39, 0.29) is 0 Å². The first-order valence-corrected chi connectivity index (χ1v) is 5.53. The van der Waals surface area contributed by atoms with E-state index >= 15 is 0 Å².